The van der Waals surface area contributed by atoms with E-state index in [4.69, 9.17) is 10.8 Å². The molecule has 1 aromatic carbocycles. The van der Waals surface area contributed by atoms with Gasteiger partial charge in [0.2, 0.25) is 5.91 Å². The van der Waals surface area contributed by atoms with Crippen LogP contribution >= 0.6 is 0 Å². The number of urea groups is 1. The summed E-state index contributed by atoms with van der Waals surface area (Å²) in [5.74, 6) is -1.73. The topological polar surface area (TPSA) is 122 Å². The minimum Gasteiger partial charge on any atom is -0.478 e. The smallest absolute Gasteiger partial charge is 0.336 e. The molecule has 0 saturated carbocycles. The van der Waals surface area contributed by atoms with Gasteiger partial charge in [0.05, 0.1) is 12.1 Å². The molecule has 102 valence electrons. The minimum absolute atomic E-state index is 0.116. The molecular formula is C12H15N3O4. The number of carboxylic acids is 1. The molecule has 0 unspecified atom stereocenters. The Morgan fingerprint density at radius 1 is 1.26 bits per heavy atom. The van der Waals surface area contributed by atoms with Gasteiger partial charge in [0.15, 0.2) is 0 Å². The minimum atomic E-state index is -1.07. The van der Waals surface area contributed by atoms with Gasteiger partial charge in [-0.15, -0.1) is 0 Å². The Bertz CT molecular complexity index is 540. The summed E-state index contributed by atoms with van der Waals surface area (Å²) >= 11 is 0. The highest BCUT2D eigenvalue weighted by Crippen LogP contribution is 2.19. The van der Waals surface area contributed by atoms with E-state index in [0.717, 1.165) is 5.56 Å². The molecule has 3 amide bonds. The number of nitrogens with two attached hydrogens (primary N) is 1. The molecule has 0 spiro atoms. The van der Waals surface area contributed by atoms with Crippen LogP contribution in [0.2, 0.25) is 0 Å². The third-order valence-electron chi connectivity index (χ3n) is 2.58. The maximum Gasteiger partial charge on any atom is 0.336 e. The van der Waals surface area contributed by atoms with Gasteiger partial charge in [0.25, 0.3) is 0 Å². The predicted molar refractivity (Wildman–Crippen MR) is 69.1 cm³/mol. The van der Waals surface area contributed by atoms with E-state index in [1.165, 1.54) is 6.07 Å². The Labute approximate surface area is 109 Å². The first-order valence-electron chi connectivity index (χ1n) is 5.49. The summed E-state index contributed by atoms with van der Waals surface area (Å²) in [4.78, 5) is 33.0. The van der Waals surface area contributed by atoms with E-state index < -0.39 is 17.9 Å². The van der Waals surface area contributed by atoms with Gasteiger partial charge in [-0.3, -0.25) is 4.79 Å². The lowest BCUT2D eigenvalue weighted by atomic mass is 10.0. The molecular weight excluding hydrogens is 250 g/mol. The van der Waals surface area contributed by atoms with Crippen LogP contribution in [0.5, 0.6) is 0 Å². The molecule has 0 aliphatic carbocycles. The van der Waals surface area contributed by atoms with Crippen molar-refractivity contribution < 1.29 is 19.5 Å². The maximum atomic E-state index is 11.4. The fourth-order valence-electron chi connectivity index (χ4n) is 1.50. The van der Waals surface area contributed by atoms with E-state index in [9.17, 15) is 14.4 Å². The van der Waals surface area contributed by atoms with Crippen LogP contribution < -0.4 is 16.4 Å². The van der Waals surface area contributed by atoms with E-state index >= 15 is 0 Å². The van der Waals surface area contributed by atoms with Gasteiger partial charge in [-0.1, -0.05) is 0 Å². The molecule has 1 rings (SSSR count). The lowest BCUT2D eigenvalue weighted by Crippen LogP contribution is -2.36. The van der Waals surface area contributed by atoms with Crippen LogP contribution in [-0.2, 0) is 4.79 Å². The molecule has 7 nitrogen and oxygen atoms in total. The average molecular weight is 265 g/mol. The van der Waals surface area contributed by atoms with E-state index in [0.29, 0.717) is 11.3 Å². The van der Waals surface area contributed by atoms with Crippen molar-refractivity contribution in [2.45, 2.75) is 13.8 Å². The highest BCUT2D eigenvalue weighted by molar-refractivity contribution is 5.95. The number of aryl methyl sites for hydroxylation is 1. The van der Waals surface area contributed by atoms with Gasteiger partial charge in [-0.05, 0) is 37.1 Å². The van der Waals surface area contributed by atoms with Crippen LogP contribution in [0.1, 0.15) is 21.5 Å². The van der Waals surface area contributed by atoms with Crippen molar-refractivity contribution in [3.05, 3.63) is 28.8 Å². The Morgan fingerprint density at radius 3 is 2.42 bits per heavy atom. The summed E-state index contributed by atoms with van der Waals surface area (Å²) in [5.41, 5.74) is 6.71. The van der Waals surface area contributed by atoms with E-state index in [1.807, 2.05) is 0 Å². The second-order valence-corrected chi connectivity index (χ2v) is 4.04. The molecule has 0 radical (unpaired) electrons. The SMILES string of the molecule is Cc1cc(NC(=O)NCC(N)=O)cc(C(=O)O)c1C. The second kappa shape index (κ2) is 5.85. The number of nitrogens with one attached hydrogen (secondary N) is 2. The van der Waals surface area contributed by atoms with Crippen molar-refractivity contribution in [1.29, 1.82) is 0 Å². The van der Waals surface area contributed by atoms with Crippen molar-refractivity contribution >= 4 is 23.6 Å². The Kier molecular flexibility index (Phi) is 4.46. The zero-order chi connectivity index (χ0) is 14.6. The standard InChI is InChI=1S/C12H15N3O4/c1-6-3-8(4-9(7(6)2)11(17)18)15-12(19)14-5-10(13)16/h3-4H,5H2,1-2H3,(H2,13,16)(H,17,18)(H2,14,15,19). The number of primary amides is 1. The Morgan fingerprint density at radius 2 is 1.89 bits per heavy atom. The van der Waals surface area contributed by atoms with Crippen molar-refractivity contribution in [1.82, 2.24) is 5.32 Å². The maximum absolute atomic E-state index is 11.4. The van der Waals surface area contributed by atoms with E-state index in [-0.39, 0.29) is 12.1 Å². The molecule has 5 N–H and O–H groups in total. The highest BCUT2D eigenvalue weighted by atomic mass is 16.4. The fourth-order valence-corrected chi connectivity index (χ4v) is 1.50. The molecule has 0 heterocycles. The number of carbonyl (C=O) groups is 3. The number of carbonyl (C=O) groups excluding carboxylic acids is 2. The monoisotopic (exact) mass is 265 g/mol. The summed E-state index contributed by atoms with van der Waals surface area (Å²) in [6.07, 6.45) is 0. The molecule has 0 bridgehead atoms. The summed E-state index contributed by atoms with van der Waals surface area (Å²) in [5, 5.41) is 13.7. The molecule has 7 heteroatoms. The number of anilines is 1. The van der Waals surface area contributed by atoms with Crippen LogP contribution in [0.15, 0.2) is 12.1 Å². The molecule has 1 aromatic rings. The van der Waals surface area contributed by atoms with Gasteiger partial charge >= 0.3 is 12.0 Å². The van der Waals surface area contributed by atoms with E-state index in [2.05, 4.69) is 10.6 Å². The summed E-state index contributed by atoms with van der Waals surface area (Å²) < 4.78 is 0. The third-order valence-corrected chi connectivity index (χ3v) is 2.58. The predicted octanol–water partition coefficient (Wildman–Crippen LogP) is 0.608. The summed E-state index contributed by atoms with van der Waals surface area (Å²) in [6.45, 7) is 3.15. The number of carboxylic acid groups (broad SMARTS) is 1. The van der Waals surface area contributed by atoms with Gasteiger partial charge in [-0.2, -0.15) is 0 Å². The molecule has 0 aromatic heterocycles. The number of hydrogen-bond acceptors (Lipinski definition) is 3. The number of amides is 3. The molecule has 0 atom stereocenters. The Balaban J connectivity index is 2.87. The average Bonchev–Trinajstić information content (AvgIpc) is 2.30. The number of benzene rings is 1. The second-order valence-electron chi connectivity index (χ2n) is 4.04. The van der Waals surface area contributed by atoms with Gasteiger partial charge < -0.3 is 21.5 Å². The molecule has 0 fully saturated rings. The zero-order valence-corrected chi connectivity index (χ0v) is 10.6. The highest BCUT2D eigenvalue weighted by Gasteiger charge is 2.12. The first-order chi connectivity index (χ1) is 8.81. The van der Waals surface area contributed by atoms with Crippen LogP contribution in [0.3, 0.4) is 0 Å². The van der Waals surface area contributed by atoms with Crippen LogP contribution in [0.4, 0.5) is 10.5 Å². The Hall–Kier alpha value is -2.57. The quantitative estimate of drug-likeness (QED) is 0.637. The molecule has 0 aliphatic heterocycles. The molecule has 0 saturated heterocycles. The zero-order valence-electron chi connectivity index (χ0n) is 10.6. The van der Waals surface area contributed by atoms with Gasteiger partial charge in [0.1, 0.15) is 0 Å². The lowest BCUT2D eigenvalue weighted by molar-refractivity contribution is -0.117. The number of hydrogen-bond donors (Lipinski definition) is 4. The van der Waals surface area contributed by atoms with Crippen molar-refractivity contribution in [2.75, 3.05) is 11.9 Å². The first-order valence-corrected chi connectivity index (χ1v) is 5.49. The third kappa shape index (κ3) is 3.98. The van der Waals surface area contributed by atoms with Gasteiger partial charge in [0, 0.05) is 5.69 Å². The summed E-state index contributed by atoms with van der Waals surface area (Å²) in [7, 11) is 0. The van der Waals surface area contributed by atoms with Crippen LogP contribution in [0.25, 0.3) is 0 Å². The largest absolute Gasteiger partial charge is 0.478 e. The number of rotatable bonds is 4. The van der Waals surface area contributed by atoms with E-state index in [1.54, 1.807) is 19.9 Å². The van der Waals surface area contributed by atoms with Gasteiger partial charge in [-0.25, -0.2) is 9.59 Å². The first kappa shape index (κ1) is 14.5. The van der Waals surface area contributed by atoms with Crippen molar-refractivity contribution in [3.8, 4) is 0 Å². The molecule has 0 aliphatic rings. The summed E-state index contributed by atoms with van der Waals surface area (Å²) in [6, 6.07) is 2.37. The normalized spacial score (nSPS) is 9.79. The van der Waals surface area contributed by atoms with Crippen molar-refractivity contribution in [2.24, 2.45) is 5.73 Å². The number of aromatic carboxylic acids is 1. The lowest BCUT2D eigenvalue weighted by Gasteiger charge is -2.11. The van der Waals surface area contributed by atoms with Crippen LogP contribution in [0, 0.1) is 13.8 Å². The molecule has 19 heavy (non-hydrogen) atoms. The van der Waals surface area contributed by atoms with Crippen molar-refractivity contribution in [3.63, 3.8) is 0 Å². The fraction of sp³-hybridized carbons (Fsp3) is 0.250. The van der Waals surface area contributed by atoms with Crippen LogP contribution in [-0.4, -0.2) is 29.6 Å².